The van der Waals surface area contributed by atoms with Gasteiger partial charge in [0.25, 0.3) is 0 Å². The first kappa shape index (κ1) is 18.9. The molecular formula is C19H23ClN6OS+2. The van der Waals surface area contributed by atoms with Crippen molar-refractivity contribution in [1.82, 2.24) is 14.8 Å². The summed E-state index contributed by atoms with van der Waals surface area (Å²) in [6.45, 7) is 4.85. The molecule has 146 valence electrons. The number of methoxy groups -OCH3 is 1. The van der Waals surface area contributed by atoms with Crippen molar-refractivity contribution in [2.24, 2.45) is 0 Å². The Balaban J connectivity index is 1.46. The number of hydrogen-bond donors (Lipinski definition) is 2. The first-order chi connectivity index (χ1) is 13.6. The summed E-state index contributed by atoms with van der Waals surface area (Å²) in [7, 11) is 1.63. The monoisotopic (exact) mass is 418 g/mol. The van der Waals surface area contributed by atoms with Crippen LogP contribution >= 0.6 is 23.8 Å². The highest BCUT2D eigenvalue weighted by atomic mass is 35.5. The van der Waals surface area contributed by atoms with Crippen LogP contribution in [-0.2, 0) is 6.67 Å². The van der Waals surface area contributed by atoms with Crippen molar-refractivity contribution < 1.29 is 14.6 Å². The number of ether oxygens (including phenoxy) is 1. The van der Waals surface area contributed by atoms with Crippen LogP contribution in [0.1, 0.15) is 0 Å². The molecule has 1 aromatic carbocycles. The highest BCUT2D eigenvalue weighted by Crippen LogP contribution is 2.30. The first-order valence-corrected chi connectivity index (χ1v) is 9.98. The van der Waals surface area contributed by atoms with Gasteiger partial charge in [-0.3, -0.25) is 5.10 Å². The number of nitrogens with one attached hydrogen (secondary N) is 3. The molecule has 2 aromatic heterocycles. The Hall–Kier alpha value is -2.42. The molecule has 0 saturated carbocycles. The fraction of sp³-hybridized carbons (Fsp3) is 0.316. The Morgan fingerprint density at radius 3 is 2.71 bits per heavy atom. The maximum absolute atomic E-state index is 6.15. The molecular weight excluding hydrogens is 396 g/mol. The molecule has 0 spiro atoms. The van der Waals surface area contributed by atoms with Crippen molar-refractivity contribution in [3.05, 3.63) is 52.5 Å². The number of aromatic nitrogens is 4. The molecule has 0 bridgehead atoms. The van der Waals surface area contributed by atoms with Crippen molar-refractivity contribution in [2.75, 3.05) is 38.2 Å². The number of halogens is 1. The van der Waals surface area contributed by atoms with E-state index in [9.17, 15) is 0 Å². The number of aromatic amines is 2. The molecule has 3 aromatic rings. The fourth-order valence-electron chi connectivity index (χ4n) is 3.50. The number of hydrogen-bond acceptors (Lipinski definition) is 4. The maximum atomic E-state index is 6.15. The van der Waals surface area contributed by atoms with E-state index in [1.807, 2.05) is 29.2 Å². The lowest BCUT2D eigenvalue weighted by molar-refractivity contribution is -0.924. The van der Waals surface area contributed by atoms with E-state index in [0.29, 0.717) is 21.4 Å². The third-order valence-corrected chi connectivity index (χ3v) is 5.56. The SMILES string of the molecule is COc1ccc(Cl)cc1-c1nc(=S)n(C[NH+]2CCN(c3cc[nH+]cc3)CC2)[nH]1. The van der Waals surface area contributed by atoms with E-state index in [1.165, 1.54) is 10.6 Å². The Bertz CT molecular complexity index is 997. The largest absolute Gasteiger partial charge is 0.496 e. The quantitative estimate of drug-likeness (QED) is 0.615. The number of quaternary nitrogens is 1. The first-order valence-electron chi connectivity index (χ1n) is 9.19. The molecule has 1 aliphatic heterocycles. The summed E-state index contributed by atoms with van der Waals surface area (Å²) < 4.78 is 7.89. The average Bonchev–Trinajstić information content (AvgIpc) is 3.09. The van der Waals surface area contributed by atoms with E-state index in [2.05, 4.69) is 32.1 Å². The second-order valence-electron chi connectivity index (χ2n) is 6.78. The standard InChI is InChI=1S/C19H21ClN6OS/c1-27-17-3-2-14(20)12-16(17)18-22-19(28)26(23-18)13-24-8-10-25(11-9-24)15-4-6-21-7-5-15/h2-7,12H,8-11,13H2,1H3,(H,22,23,28)/p+2. The van der Waals surface area contributed by atoms with Crippen LogP contribution < -0.4 is 19.5 Å². The Morgan fingerprint density at radius 1 is 1.25 bits per heavy atom. The van der Waals surface area contributed by atoms with Crippen LogP contribution in [0.2, 0.25) is 5.02 Å². The van der Waals surface area contributed by atoms with E-state index in [4.69, 9.17) is 28.6 Å². The third-order valence-electron chi connectivity index (χ3n) is 5.01. The number of nitrogens with zero attached hydrogens (tertiary/aromatic N) is 3. The summed E-state index contributed by atoms with van der Waals surface area (Å²) in [6.07, 6.45) is 3.92. The zero-order valence-corrected chi connectivity index (χ0v) is 17.2. The third kappa shape index (κ3) is 4.04. The second-order valence-corrected chi connectivity index (χ2v) is 7.58. The second kappa shape index (κ2) is 8.30. The van der Waals surface area contributed by atoms with Crippen molar-refractivity contribution in [3.8, 4) is 17.1 Å². The molecule has 3 heterocycles. The Morgan fingerprint density at radius 2 is 2.00 bits per heavy atom. The molecule has 28 heavy (non-hydrogen) atoms. The zero-order valence-electron chi connectivity index (χ0n) is 15.6. The van der Waals surface area contributed by atoms with Gasteiger partial charge in [0.05, 0.1) is 38.9 Å². The van der Waals surface area contributed by atoms with Crippen LogP contribution in [0, 0.1) is 4.77 Å². The van der Waals surface area contributed by atoms with Gasteiger partial charge in [-0.2, -0.15) is 4.98 Å². The van der Waals surface area contributed by atoms with E-state index < -0.39 is 0 Å². The molecule has 7 nitrogen and oxygen atoms in total. The lowest BCUT2D eigenvalue weighted by Crippen LogP contribution is -3.14. The van der Waals surface area contributed by atoms with Crippen molar-refractivity contribution in [2.45, 2.75) is 6.67 Å². The molecule has 9 heteroatoms. The average molecular weight is 419 g/mol. The van der Waals surface area contributed by atoms with Gasteiger partial charge in [0.2, 0.25) is 4.77 Å². The summed E-state index contributed by atoms with van der Waals surface area (Å²) in [6, 6.07) is 9.69. The summed E-state index contributed by atoms with van der Waals surface area (Å²) in [5.41, 5.74) is 2.06. The van der Waals surface area contributed by atoms with E-state index in [-0.39, 0.29) is 0 Å². The van der Waals surface area contributed by atoms with E-state index in [1.54, 1.807) is 13.2 Å². The topological polar surface area (TPSA) is 64.7 Å². The molecule has 0 aliphatic carbocycles. The van der Waals surface area contributed by atoms with Crippen LogP contribution in [-0.4, -0.2) is 48.1 Å². The Labute approximate surface area is 173 Å². The van der Waals surface area contributed by atoms with Gasteiger partial charge in [0.15, 0.2) is 24.9 Å². The molecule has 1 fully saturated rings. The van der Waals surface area contributed by atoms with Crippen LogP contribution in [0.15, 0.2) is 42.7 Å². The summed E-state index contributed by atoms with van der Waals surface area (Å²) >= 11 is 11.6. The summed E-state index contributed by atoms with van der Waals surface area (Å²) in [4.78, 5) is 11.5. The lowest BCUT2D eigenvalue weighted by atomic mass is 10.2. The van der Waals surface area contributed by atoms with Gasteiger partial charge in [0.1, 0.15) is 5.75 Å². The van der Waals surface area contributed by atoms with Crippen molar-refractivity contribution in [3.63, 3.8) is 0 Å². The number of piperazine rings is 1. The smallest absolute Gasteiger partial charge is 0.221 e. The van der Waals surface area contributed by atoms with Crippen molar-refractivity contribution >= 4 is 29.5 Å². The van der Waals surface area contributed by atoms with E-state index >= 15 is 0 Å². The van der Waals surface area contributed by atoms with Crippen molar-refractivity contribution in [1.29, 1.82) is 0 Å². The molecule has 4 rings (SSSR count). The molecule has 0 atom stereocenters. The molecule has 1 aliphatic rings. The number of pyridine rings is 1. The number of H-pyrrole nitrogens is 2. The number of benzene rings is 1. The highest BCUT2D eigenvalue weighted by Gasteiger charge is 2.21. The minimum atomic E-state index is 0.533. The number of rotatable bonds is 5. The van der Waals surface area contributed by atoms with Gasteiger partial charge in [-0.25, -0.2) is 9.67 Å². The van der Waals surface area contributed by atoms with Gasteiger partial charge < -0.3 is 14.5 Å². The predicted octanol–water partition coefficient (Wildman–Crippen LogP) is 1.45. The highest BCUT2D eigenvalue weighted by molar-refractivity contribution is 7.71. The number of anilines is 1. The minimum absolute atomic E-state index is 0.533. The molecule has 0 radical (unpaired) electrons. The minimum Gasteiger partial charge on any atom is -0.496 e. The summed E-state index contributed by atoms with van der Waals surface area (Å²) in [5.74, 6) is 1.38. The van der Waals surface area contributed by atoms with Crippen LogP contribution in [0.5, 0.6) is 5.75 Å². The van der Waals surface area contributed by atoms with Crippen LogP contribution in [0.3, 0.4) is 0 Å². The van der Waals surface area contributed by atoms with Gasteiger partial charge in [-0.05, 0) is 30.4 Å². The molecule has 0 amide bonds. The predicted molar refractivity (Wildman–Crippen MR) is 110 cm³/mol. The van der Waals surface area contributed by atoms with Gasteiger partial charge in [0, 0.05) is 22.8 Å². The Kier molecular flexibility index (Phi) is 5.61. The normalized spacial score (nSPS) is 15.0. The van der Waals surface area contributed by atoms with Gasteiger partial charge >= 0.3 is 0 Å². The fourth-order valence-corrected chi connectivity index (χ4v) is 3.87. The van der Waals surface area contributed by atoms with E-state index in [0.717, 1.165) is 38.4 Å². The zero-order chi connectivity index (χ0) is 19.5. The molecule has 3 N–H and O–H groups in total. The lowest BCUT2D eigenvalue weighted by Gasteiger charge is -2.33. The summed E-state index contributed by atoms with van der Waals surface area (Å²) in [5, 5.41) is 3.94. The van der Waals surface area contributed by atoms with Gasteiger partial charge in [-0.1, -0.05) is 11.6 Å². The maximum Gasteiger partial charge on any atom is 0.221 e. The molecule has 1 saturated heterocycles. The van der Waals surface area contributed by atoms with Crippen LogP contribution in [0.4, 0.5) is 5.69 Å². The molecule has 0 unspecified atom stereocenters. The van der Waals surface area contributed by atoms with Gasteiger partial charge in [-0.15, -0.1) is 0 Å². The van der Waals surface area contributed by atoms with Crippen LogP contribution in [0.25, 0.3) is 11.4 Å².